The Morgan fingerprint density at radius 2 is 2.12 bits per heavy atom. The SMILES string of the molecule is COC(=O)CCN(C)c1cc(F)ccc1F. The molecule has 0 aliphatic heterocycles. The number of esters is 1. The predicted octanol–water partition coefficient (Wildman–Crippen LogP) is 1.96. The number of carbonyl (C=O) groups excluding carboxylic acids is 1. The molecule has 0 saturated heterocycles. The number of nitrogens with zero attached hydrogens (tertiary/aromatic N) is 1. The fourth-order valence-corrected chi connectivity index (χ4v) is 1.26. The molecule has 0 aromatic heterocycles. The topological polar surface area (TPSA) is 29.5 Å². The summed E-state index contributed by atoms with van der Waals surface area (Å²) in [5.74, 6) is -1.42. The van der Waals surface area contributed by atoms with E-state index in [0.29, 0.717) is 0 Å². The molecule has 0 amide bonds. The van der Waals surface area contributed by atoms with Crippen molar-refractivity contribution in [2.75, 3.05) is 25.6 Å². The highest BCUT2D eigenvalue weighted by Gasteiger charge is 2.10. The molecule has 0 fully saturated rings. The highest BCUT2D eigenvalue weighted by molar-refractivity contribution is 5.70. The minimum atomic E-state index is -0.520. The van der Waals surface area contributed by atoms with Crippen LogP contribution in [0.15, 0.2) is 18.2 Å². The average Bonchev–Trinajstić information content (AvgIpc) is 2.28. The molecule has 1 rings (SSSR count). The maximum absolute atomic E-state index is 13.3. The summed E-state index contributed by atoms with van der Waals surface area (Å²) in [6.07, 6.45) is 0.128. The number of benzene rings is 1. The number of anilines is 1. The Hall–Kier alpha value is -1.65. The van der Waals surface area contributed by atoms with Crippen LogP contribution in [-0.2, 0) is 9.53 Å². The maximum atomic E-state index is 13.3. The van der Waals surface area contributed by atoms with Gasteiger partial charge in [0.15, 0.2) is 0 Å². The first-order valence-electron chi connectivity index (χ1n) is 4.77. The number of ether oxygens (including phenoxy) is 1. The zero-order valence-corrected chi connectivity index (χ0v) is 9.17. The van der Waals surface area contributed by atoms with Gasteiger partial charge in [-0.1, -0.05) is 0 Å². The van der Waals surface area contributed by atoms with Crippen LogP contribution in [0.3, 0.4) is 0 Å². The van der Waals surface area contributed by atoms with Gasteiger partial charge in [-0.05, 0) is 12.1 Å². The lowest BCUT2D eigenvalue weighted by molar-refractivity contribution is -0.140. The van der Waals surface area contributed by atoms with Crippen LogP contribution >= 0.6 is 0 Å². The minimum Gasteiger partial charge on any atom is -0.469 e. The molecular weight excluding hydrogens is 216 g/mol. The monoisotopic (exact) mass is 229 g/mol. The molecule has 0 heterocycles. The first-order valence-corrected chi connectivity index (χ1v) is 4.77. The van der Waals surface area contributed by atoms with Gasteiger partial charge in [-0.3, -0.25) is 4.79 Å². The van der Waals surface area contributed by atoms with E-state index < -0.39 is 11.6 Å². The smallest absolute Gasteiger partial charge is 0.307 e. The summed E-state index contributed by atoms with van der Waals surface area (Å²) in [6.45, 7) is 0.271. The van der Waals surface area contributed by atoms with Crippen molar-refractivity contribution >= 4 is 11.7 Å². The van der Waals surface area contributed by atoms with Crippen LogP contribution in [0.4, 0.5) is 14.5 Å². The molecule has 0 bridgehead atoms. The van der Waals surface area contributed by atoms with Crippen molar-refractivity contribution in [2.45, 2.75) is 6.42 Å². The zero-order valence-electron chi connectivity index (χ0n) is 9.17. The third-order valence-electron chi connectivity index (χ3n) is 2.20. The highest BCUT2D eigenvalue weighted by Crippen LogP contribution is 2.19. The molecule has 88 valence electrons. The van der Waals surface area contributed by atoms with Crippen LogP contribution in [0, 0.1) is 11.6 Å². The summed E-state index contributed by atoms with van der Waals surface area (Å²) in [6, 6.07) is 3.19. The molecule has 3 nitrogen and oxygen atoms in total. The number of rotatable bonds is 4. The van der Waals surface area contributed by atoms with Gasteiger partial charge in [0, 0.05) is 19.7 Å². The van der Waals surface area contributed by atoms with Crippen LogP contribution in [0.1, 0.15) is 6.42 Å². The molecule has 0 atom stereocenters. The Morgan fingerprint density at radius 3 is 2.75 bits per heavy atom. The van der Waals surface area contributed by atoms with Crippen molar-refractivity contribution in [2.24, 2.45) is 0 Å². The van der Waals surface area contributed by atoms with Crippen LogP contribution in [0.5, 0.6) is 0 Å². The lowest BCUT2D eigenvalue weighted by Crippen LogP contribution is -2.22. The number of methoxy groups -OCH3 is 1. The second kappa shape index (κ2) is 5.44. The van der Waals surface area contributed by atoms with Crippen molar-refractivity contribution in [1.82, 2.24) is 0 Å². The number of hydrogen-bond donors (Lipinski definition) is 0. The molecule has 0 aliphatic rings. The van der Waals surface area contributed by atoms with Crippen molar-refractivity contribution < 1.29 is 18.3 Å². The molecule has 0 radical (unpaired) electrons. The summed E-state index contributed by atoms with van der Waals surface area (Å²) in [5, 5.41) is 0. The molecule has 0 saturated carbocycles. The Labute approximate surface area is 92.6 Å². The third kappa shape index (κ3) is 3.18. The van der Waals surface area contributed by atoms with E-state index in [9.17, 15) is 13.6 Å². The summed E-state index contributed by atoms with van der Waals surface area (Å²) in [4.78, 5) is 12.4. The van der Waals surface area contributed by atoms with Gasteiger partial charge in [-0.2, -0.15) is 0 Å². The highest BCUT2D eigenvalue weighted by atomic mass is 19.1. The Kier molecular flexibility index (Phi) is 4.22. The largest absolute Gasteiger partial charge is 0.469 e. The predicted molar refractivity (Wildman–Crippen MR) is 56.3 cm³/mol. The molecule has 1 aromatic carbocycles. The van der Waals surface area contributed by atoms with Crippen LogP contribution in [-0.4, -0.2) is 26.7 Å². The first kappa shape index (κ1) is 12.4. The molecule has 0 N–H and O–H groups in total. The molecule has 0 unspecified atom stereocenters. The lowest BCUT2D eigenvalue weighted by atomic mass is 10.2. The average molecular weight is 229 g/mol. The fraction of sp³-hybridized carbons (Fsp3) is 0.364. The molecular formula is C11H13F2NO2. The van der Waals surface area contributed by atoms with Gasteiger partial charge in [0.1, 0.15) is 11.6 Å². The quantitative estimate of drug-likeness (QED) is 0.739. The van der Waals surface area contributed by atoms with Gasteiger partial charge in [-0.25, -0.2) is 8.78 Å². The van der Waals surface area contributed by atoms with Crippen molar-refractivity contribution in [3.63, 3.8) is 0 Å². The maximum Gasteiger partial charge on any atom is 0.307 e. The van der Waals surface area contributed by atoms with Gasteiger partial charge in [-0.15, -0.1) is 0 Å². The van der Waals surface area contributed by atoms with Gasteiger partial charge in [0.25, 0.3) is 0 Å². The lowest BCUT2D eigenvalue weighted by Gasteiger charge is -2.19. The van der Waals surface area contributed by atoms with E-state index in [2.05, 4.69) is 4.74 Å². The molecule has 5 heteroatoms. The van der Waals surface area contributed by atoms with Gasteiger partial charge < -0.3 is 9.64 Å². The van der Waals surface area contributed by atoms with Gasteiger partial charge in [0.05, 0.1) is 19.2 Å². The van der Waals surface area contributed by atoms with E-state index in [4.69, 9.17) is 0 Å². The minimum absolute atomic E-state index is 0.128. The Bertz CT molecular complexity index is 382. The molecule has 16 heavy (non-hydrogen) atoms. The summed E-state index contributed by atoms with van der Waals surface area (Å²) in [7, 11) is 2.87. The number of hydrogen-bond acceptors (Lipinski definition) is 3. The van der Waals surface area contributed by atoms with E-state index in [-0.39, 0.29) is 24.6 Å². The third-order valence-corrected chi connectivity index (χ3v) is 2.20. The van der Waals surface area contributed by atoms with Gasteiger partial charge in [0.2, 0.25) is 0 Å². The van der Waals surface area contributed by atoms with E-state index in [1.807, 2.05) is 0 Å². The van der Waals surface area contributed by atoms with Crippen molar-refractivity contribution in [1.29, 1.82) is 0 Å². The zero-order chi connectivity index (χ0) is 12.1. The van der Waals surface area contributed by atoms with E-state index in [1.54, 1.807) is 7.05 Å². The Balaban J connectivity index is 2.68. The van der Waals surface area contributed by atoms with E-state index in [0.717, 1.165) is 18.2 Å². The number of carbonyl (C=O) groups is 1. The molecule has 0 spiro atoms. The molecule has 0 aliphatic carbocycles. The summed E-state index contributed by atoms with van der Waals surface area (Å²) < 4.78 is 30.6. The van der Waals surface area contributed by atoms with Gasteiger partial charge >= 0.3 is 5.97 Å². The van der Waals surface area contributed by atoms with Crippen LogP contribution in [0.25, 0.3) is 0 Å². The second-order valence-corrected chi connectivity index (χ2v) is 3.34. The number of halogens is 2. The van der Waals surface area contributed by atoms with E-state index >= 15 is 0 Å². The standard InChI is InChI=1S/C11H13F2NO2/c1-14(6-5-11(15)16-2)10-7-8(12)3-4-9(10)13/h3-4,7H,5-6H2,1-2H3. The van der Waals surface area contributed by atoms with Crippen molar-refractivity contribution in [3.05, 3.63) is 29.8 Å². The van der Waals surface area contributed by atoms with Crippen LogP contribution in [0.2, 0.25) is 0 Å². The first-order chi connectivity index (χ1) is 7.54. The molecule has 1 aromatic rings. The Morgan fingerprint density at radius 1 is 1.44 bits per heavy atom. The second-order valence-electron chi connectivity index (χ2n) is 3.34. The fourth-order valence-electron chi connectivity index (χ4n) is 1.26. The van der Waals surface area contributed by atoms with Crippen molar-refractivity contribution in [3.8, 4) is 0 Å². The summed E-state index contributed by atoms with van der Waals surface area (Å²) >= 11 is 0. The van der Waals surface area contributed by atoms with E-state index in [1.165, 1.54) is 12.0 Å². The summed E-state index contributed by atoms with van der Waals surface area (Å²) in [5.41, 5.74) is 0.129. The normalized spacial score (nSPS) is 10.0. The van der Waals surface area contributed by atoms with Crippen LogP contribution < -0.4 is 4.90 Å².